The number of anilines is 2. The molecule has 1 amide bonds. The van der Waals surface area contributed by atoms with Crippen LogP contribution in [-0.2, 0) is 17.8 Å². The number of piperazine rings is 1. The molecule has 2 aromatic heterocycles. The van der Waals surface area contributed by atoms with Crippen molar-refractivity contribution in [3.8, 4) is 17.5 Å². The summed E-state index contributed by atoms with van der Waals surface area (Å²) in [4.78, 5) is 28.7. The minimum atomic E-state index is -1.04. The van der Waals surface area contributed by atoms with Crippen molar-refractivity contribution in [2.24, 2.45) is 0 Å². The fraction of sp³-hybridized carbons (Fsp3) is 0.455. The quantitative estimate of drug-likeness (QED) is 0.105. The first kappa shape index (κ1) is 41.1. The maximum Gasteiger partial charge on any atom is 0.410 e. The van der Waals surface area contributed by atoms with Crippen LogP contribution in [0.5, 0.6) is 17.5 Å². The van der Waals surface area contributed by atoms with E-state index in [1.165, 1.54) is 0 Å². The highest BCUT2D eigenvalue weighted by Gasteiger charge is 2.29. The molecular formula is C44H57N7O6. The summed E-state index contributed by atoms with van der Waals surface area (Å²) in [6, 6.07) is 22.2. The second kappa shape index (κ2) is 18.1. The molecule has 304 valence electrons. The van der Waals surface area contributed by atoms with Crippen molar-refractivity contribution in [3.63, 3.8) is 0 Å². The highest BCUT2D eigenvalue weighted by Crippen LogP contribution is 2.35. The molecule has 1 aliphatic rings. The van der Waals surface area contributed by atoms with Crippen LogP contribution in [-0.4, -0.2) is 88.3 Å². The zero-order valence-corrected chi connectivity index (χ0v) is 34.6. The summed E-state index contributed by atoms with van der Waals surface area (Å²) in [5, 5.41) is 16.9. The van der Waals surface area contributed by atoms with Crippen LogP contribution in [0, 0.1) is 0 Å². The summed E-state index contributed by atoms with van der Waals surface area (Å²) < 4.78 is 24.3. The van der Waals surface area contributed by atoms with Gasteiger partial charge in [0, 0.05) is 45.0 Å². The SMILES string of the molecule is CCCCOc1nc(N(Cc2ccc(OC)cc2)Cc2ccc(OC)cc2)c2ncc(C(O)c3ccc(N4CCN(C(=O)OC(C)(C)C)CC4)c(C(C)C)c3)n2n1. The van der Waals surface area contributed by atoms with Gasteiger partial charge in [0.1, 0.15) is 23.2 Å². The van der Waals surface area contributed by atoms with Crippen molar-refractivity contribution in [1.82, 2.24) is 24.5 Å². The summed E-state index contributed by atoms with van der Waals surface area (Å²) in [7, 11) is 3.31. The van der Waals surface area contributed by atoms with Gasteiger partial charge in [0.2, 0.25) is 0 Å². The molecule has 6 rings (SSSR count). The maximum absolute atomic E-state index is 12.7. The number of carbonyl (C=O) groups excluding carboxylic acids is 1. The van der Waals surface area contributed by atoms with Gasteiger partial charge < -0.3 is 38.8 Å². The molecule has 3 heterocycles. The van der Waals surface area contributed by atoms with E-state index < -0.39 is 11.7 Å². The van der Waals surface area contributed by atoms with E-state index in [-0.39, 0.29) is 18.0 Å². The molecule has 1 unspecified atom stereocenters. The average molecular weight is 780 g/mol. The molecule has 13 nitrogen and oxygen atoms in total. The van der Waals surface area contributed by atoms with Crippen LogP contribution in [0.4, 0.5) is 16.3 Å². The number of imidazole rings is 1. The number of hydrogen-bond acceptors (Lipinski definition) is 11. The van der Waals surface area contributed by atoms with Gasteiger partial charge in [0.25, 0.3) is 0 Å². The number of aliphatic hydroxyl groups is 1. The largest absolute Gasteiger partial charge is 0.497 e. The predicted octanol–water partition coefficient (Wildman–Crippen LogP) is 7.79. The number of carbonyl (C=O) groups is 1. The van der Waals surface area contributed by atoms with E-state index in [1.54, 1.807) is 29.8 Å². The number of aliphatic hydroxyl groups excluding tert-OH is 1. The minimum Gasteiger partial charge on any atom is -0.497 e. The number of nitrogens with zero attached hydrogens (tertiary/aromatic N) is 7. The number of hydrogen-bond donors (Lipinski definition) is 1. The van der Waals surface area contributed by atoms with E-state index in [1.807, 2.05) is 75.4 Å². The second-order valence-electron chi connectivity index (χ2n) is 15.7. The van der Waals surface area contributed by atoms with Gasteiger partial charge in [-0.3, -0.25) is 0 Å². The number of rotatable bonds is 15. The van der Waals surface area contributed by atoms with Crippen molar-refractivity contribution in [2.45, 2.75) is 85.1 Å². The Bertz CT molecular complexity index is 2040. The van der Waals surface area contributed by atoms with Crippen LogP contribution in [0.3, 0.4) is 0 Å². The van der Waals surface area contributed by atoms with Crippen molar-refractivity contribution < 1.29 is 28.8 Å². The normalized spacial score (nSPS) is 13.9. The maximum atomic E-state index is 12.7. The third-order valence-electron chi connectivity index (χ3n) is 9.99. The van der Waals surface area contributed by atoms with Crippen LogP contribution in [0.15, 0.2) is 72.9 Å². The highest BCUT2D eigenvalue weighted by atomic mass is 16.6. The minimum absolute atomic E-state index is 0.176. The van der Waals surface area contributed by atoms with Gasteiger partial charge in [-0.25, -0.2) is 14.3 Å². The third-order valence-corrected chi connectivity index (χ3v) is 9.99. The summed E-state index contributed by atoms with van der Waals surface area (Å²) in [5.74, 6) is 2.30. The number of benzene rings is 3. The Hall–Kier alpha value is -5.56. The number of aromatic nitrogens is 4. The summed E-state index contributed by atoms with van der Waals surface area (Å²) in [5.41, 5.74) is 5.47. The molecule has 0 aliphatic carbocycles. The molecule has 0 saturated carbocycles. The Morgan fingerprint density at radius 3 is 2.05 bits per heavy atom. The second-order valence-corrected chi connectivity index (χ2v) is 15.7. The zero-order valence-electron chi connectivity index (χ0n) is 34.6. The Labute approximate surface area is 336 Å². The standard InChI is InChI=1S/C44H57N7O6/c1-9-10-25-56-42-46-41(50(28-31-11-16-34(54-7)17-12-31)29-32-13-18-35(55-8)19-14-32)40-45-27-38(51(40)47-42)39(52)33-15-20-37(36(26-33)30(2)3)48-21-23-49(24-22-48)43(53)57-44(4,5)6/h11-20,26-27,30,39,52H,9-10,21-25,28-29H2,1-8H3. The van der Waals surface area contributed by atoms with Gasteiger partial charge in [0.05, 0.1) is 32.7 Å². The van der Waals surface area contributed by atoms with E-state index in [2.05, 4.69) is 42.7 Å². The first-order chi connectivity index (χ1) is 27.4. The lowest BCUT2D eigenvalue weighted by Crippen LogP contribution is -2.50. The van der Waals surface area contributed by atoms with Crippen LogP contribution in [0.1, 0.15) is 94.4 Å². The Balaban J connectivity index is 1.34. The number of ether oxygens (including phenoxy) is 4. The molecule has 1 saturated heterocycles. The number of amides is 1. The van der Waals surface area contributed by atoms with Gasteiger partial charge in [-0.1, -0.05) is 63.6 Å². The van der Waals surface area contributed by atoms with E-state index >= 15 is 0 Å². The molecule has 1 N–H and O–H groups in total. The molecule has 13 heteroatoms. The van der Waals surface area contributed by atoms with E-state index in [0.717, 1.165) is 52.3 Å². The molecule has 1 atom stereocenters. The monoisotopic (exact) mass is 779 g/mol. The fourth-order valence-corrected chi connectivity index (χ4v) is 6.86. The summed E-state index contributed by atoms with van der Waals surface area (Å²) >= 11 is 0. The van der Waals surface area contributed by atoms with Crippen molar-refractivity contribution in [1.29, 1.82) is 0 Å². The van der Waals surface area contributed by atoms with Crippen molar-refractivity contribution in [3.05, 3.63) is 101 Å². The van der Waals surface area contributed by atoms with Crippen LogP contribution < -0.4 is 24.0 Å². The lowest BCUT2D eigenvalue weighted by molar-refractivity contribution is 0.0240. The summed E-state index contributed by atoms with van der Waals surface area (Å²) in [6.07, 6.45) is 2.15. The smallest absolute Gasteiger partial charge is 0.410 e. The van der Waals surface area contributed by atoms with E-state index in [9.17, 15) is 9.90 Å². The number of unbranched alkanes of at least 4 members (excludes halogenated alkanes) is 1. The first-order valence-corrected chi connectivity index (χ1v) is 19.8. The fourth-order valence-electron chi connectivity index (χ4n) is 6.86. The predicted molar refractivity (Wildman–Crippen MR) is 222 cm³/mol. The van der Waals surface area contributed by atoms with Gasteiger partial charge >= 0.3 is 12.1 Å². The molecule has 0 spiro atoms. The van der Waals surface area contributed by atoms with Crippen LogP contribution >= 0.6 is 0 Å². The van der Waals surface area contributed by atoms with Crippen molar-refractivity contribution >= 4 is 23.2 Å². The van der Waals surface area contributed by atoms with Crippen LogP contribution in [0.25, 0.3) is 5.65 Å². The Morgan fingerprint density at radius 1 is 0.895 bits per heavy atom. The molecule has 1 fully saturated rings. The molecule has 1 aliphatic heterocycles. The van der Waals surface area contributed by atoms with E-state index in [4.69, 9.17) is 34.0 Å². The molecule has 5 aromatic rings. The Morgan fingerprint density at radius 2 is 1.51 bits per heavy atom. The summed E-state index contributed by atoms with van der Waals surface area (Å²) in [6.45, 7) is 16.0. The molecule has 57 heavy (non-hydrogen) atoms. The van der Waals surface area contributed by atoms with Crippen molar-refractivity contribution in [2.75, 3.05) is 56.8 Å². The number of methoxy groups -OCH3 is 2. The molecule has 0 radical (unpaired) electrons. The van der Waals surface area contributed by atoms with Gasteiger partial charge in [-0.15, -0.1) is 5.10 Å². The lowest BCUT2D eigenvalue weighted by atomic mass is 9.95. The lowest BCUT2D eigenvalue weighted by Gasteiger charge is -2.38. The van der Waals surface area contributed by atoms with E-state index in [0.29, 0.717) is 63.0 Å². The Kier molecular flexibility index (Phi) is 13.1. The van der Waals surface area contributed by atoms with Gasteiger partial charge in [-0.2, -0.15) is 4.98 Å². The molecular weight excluding hydrogens is 723 g/mol. The van der Waals surface area contributed by atoms with Gasteiger partial charge in [0.15, 0.2) is 11.5 Å². The van der Waals surface area contributed by atoms with Gasteiger partial charge in [-0.05, 0) is 85.7 Å². The zero-order chi connectivity index (χ0) is 40.7. The van der Waals surface area contributed by atoms with Crippen LogP contribution in [0.2, 0.25) is 0 Å². The molecule has 3 aromatic carbocycles. The third kappa shape index (κ3) is 10.1. The first-order valence-electron chi connectivity index (χ1n) is 19.8. The average Bonchev–Trinajstić information content (AvgIpc) is 3.64. The highest BCUT2D eigenvalue weighted by molar-refractivity contribution is 5.69. The molecule has 0 bridgehead atoms. The number of fused-ring (bicyclic) bond motifs is 1. The topological polar surface area (TPSA) is 127 Å².